The zero-order valence-corrected chi connectivity index (χ0v) is 11.9. The summed E-state index contributed by atoms with van der Waals surface area (Å²) in [5, 5.41) is 12.8. The van der Waals surface area contributed by atoms with Gasteiger partial charge in [0.05, 0.1) is 18.7 Å². The zero-order chi connectivity index (χ0) is 14.1. The van der Waals surface area contributed by atoms with E-state index in [2.05, 4.69) is 24.4 Å². The van der Waals surface area contributed by atoms with Gasteiger partial charge in [-0.05, 0) is 29.9 Å². The second-order valence-corrected chi connectivity index (χ2v) is 5.95. The standard InChI is InChI=1S/C16H22N2O2/c1-11-6-7-18(15(11)10-19)16(20)14-8-12-4-2-3-5-13(12)9-17-14/h2-5,11,14-15,17,19H,6-10H2,1H3/t11?,14-,15?/m0/s1. The number of fused-ring (bicyclic) bond motifs is 1. The van der Waals surface area contributed by atoms with E-state index >= 15 is 0 Å². The Morgan fingerprint density at radius 1 is 1.40 bits per heavy atom. The molecule has 1 aromatic rings. The number of aliphatic hydroxyl groups is 1. The van der Waals surface area contributed by atoms with Crippen molar-refractivity contribution in [3.05, 3.63) is 35.4 Å². The second-order valence-electron chi connectivity index (χ2n) is 5.95. The molecule has 1 amide bonds. The number of nitrogens with one attached hydrogen (secondary N) is 1. The quantitative estimate of drug-likeness (QED) is 0.843. The topological polar surface area (TPSA) is 52.6 Å². The van der Waals surface area contributed by atoms with Gasteiger partial charge in [0.2, 0.25) is 5.91 Å². The molecule has 1 saturated heterocycles. The molecular weight excluding hydrogens is 252 g/mol. The molecule has 0 aliphatic carbocycles. The van der Waals surface area contributed by atoms with Crippen LogP contribution in [0.15, 0.2) is 24.3 Å². The normalized spacial score (nSPS) is 29.3. The molecule has 20 heavy (non-hydrogen) atoms. The van der Waals surface area contributed by atoms with Crippen molar-refractivity contribution >= 4 is 5.91 Å². The summed E-state index contributed by atoms with van der Waals surface area (Å²) < 4.78 is 0. The van der Waals surface area contributed by atoms with Crippen molar-refractivity contribution in [1.82, 2.24) is 10.2 Å². The Morgan fingerprint density at radius 2 is 2.15 bits per heavy atom. The van der Waals surface area contributed by atoms with Gasteiger partial charge in [0.1, 0.15) is 0 Å². The van der Waals surface area contributed by atoms with Crippen LogP contribution in [0.2, 0.25) is 0 Å². The minimum absolute atomic E-state index is 0.0125. The van der Waals surface area contributed by atoms with E-state index in [9.17, 15) is 9.90 Å². The van der Waals surface area contributed by atoms with Crippen molar-refractivity contribution in [2.45, 2.75) is 38.4 Å². The molecule has 0 bridgehead atoms. The van der Waals surface area contributed by atoms with Crippen LogP contribution in [0, 0.1) is 5.92 Å². The predicted molar refractivity (Wildman–Crippen MR) is 77.1 cm³/mol. The fourth-order valence-electron chi connectivity index (χ4n) is 3.39. The minimum Gasteiger partial charge on any atom is -0.394 e. The summed E-state index contributed by atoms with van der Waals surface area (Å²) in [6.45, 7) is 3.69. The van der Waals surface area contributed by atoms with Crippen LogP contribution >= 0.6 is 0 Å². The molecule has 0 aromatic heterocycles. The Morgan fingerprint density at radius 3 is 2.90 bits per heavy atom. The summed E-state index contributed by atoms with van der Waals surface area (Å²) in [5.74, 6) is 0.530. The molecule has 3 atom stereocenters. The maximum atomic E-state index is 12.7. The van der Waals surface area contributed by atoms with Crippen LogP contribution < -0.4 is 5.32 Å². The lowest BCUT2D eigenvalue weighted by atomic mass is 9.95. The van der Waals surface area contributed by atoms with Crippen LogP contribution in [0.25, 0.3) is 0 Å². The fraction of sp³-hybridized carbons (Fsp3) is 0.562. The van der Waals surface area contributed by atoms with Crippen molar-refractivity contribution in [1.29, 1.82) is 0 Å². The van der Waals surface area contributed by atoms with E-state index in [1.807, 2.05) is 17.0 Å². The maximum Gasteiger partial charge on any atom is 0.240 e. The summed E-state index contributed by atoms with van der Waals surface area (Å²) in [7, 11) is 0. The lowest BCUT2D eigenvalue weighted by Crippen LogP contribution is -2.52. The first-order chi connectivity index (χ1) is 9.70. The summed E-state index contributed by atoms with van der Waals surface area (Å²) in [4.78, 5) is 14.5. The fourth-order valence-corrected chi connectivity index (χ4v) is 3.39. The van der Waals surface area contributed by atoms with Gasteiger partial charge in [0.15, 0.2) is 0 Å². The highest BCUT2D eigenvalue weighted by molar-refractivity contribution is 5.83. The number of carbonyl (C=O) groups is 1. The zero-order valence-electron chi connectivity index (χ0n) is 11.9. The predicted octanol–water partition coefficient (Wildman–Crippen LogP) is 0.930. The monoisotopic (exact) mass is 274 g/mol. The largest absolute Gasteiger partial charge is 0.394 e. The maximum absolute atomic E-state index is 12.7. The molecule has 1 fully saturated rings. The van der Waals surface area contributed by atoms with Crippen LogP contribution in [-0.2, 0) is 17.8 Å². The first-order valence-corrected chi connectivity index (χ1v) is 7.42. The highest BCUT2D eigenvalue weighted by atomic mass is 16.3. The van der Waals surface area contributed by atoms with E-state index in [4.69, 9.17) is 0 Å². The minimum atomic E-state index is -0.149. The number of aliphatic hydroxyl groups excluding tert-OH is 1. The van der Waals surface area contributed by atoms with E-state index in [0.29, 0.717) is 5.92 Å². The molecule has 108 valence electrons. The Hall–Kier alpha value is -1.39. The number of nitrogens with zero attached hydrogens (tertiary/aromatic N) is 1. The van der Waals surface area contributed by atoms with Crippen LogP contribution in [0.4, 0.5) is 0 Å². The average molecular weight is 274 g/mol. The Balaban J connectivity index is 1.73. The van der Waals surface area contributed by atoms with Gasteiger partial charge in [-0.1, -0.05) is 31.2 Å². The van der Waals surface area contributed by atoms with Gasteiger partial charge in [-0.25, -0.2) is 0 Å². The number of hydrogen-bond acceptors (Lipinski definition) is 3. The van der Waals surface area contributed by atoms with Gasteiger partial charge >= 0.3 is 0 Å². The molecule has 2 unspecified atom stereocenters. The summed E-state index contributed by atoms with van der Waals surface area (Å²) in [5.41, 5.74) is 2.54. The van der Waals surface area contributed by atoms with Crippen LogP contribution in [0.3, 0.4) is 0 Å². The van der Waals surface area contributed by atoms with Gasteiger partial charge in [0, 0.05) is 13.1 Å². The molecule has 2 aliphatic rings. The highest BCUT2D eigenvalue weighted by Gasteiger charge is 2.37. The van der Waals surface area contributed by atoms with Gasteiger partial charge in [0.25, 0.3) is 0 Å². The molecule has 3 rings (SSSR count). The molecule has 2 heterocycles. The van der Waals surface area contributed by atoms with Gasteiger partial charge in [-0.2, -0.15) is 0 Å². The van der Waals surface area contributed by atoms with Gasteiger partial charge in [-0.3, -0.25) is 4.79 Å². The van der Waals surface area contributed by atoms with Crippen LogP contribution in [-0.4, -0.2) is 41.1 Å². The lowest BCUT2D eigenvalue weighted by molar-refractivity contribution is -0.135. The third kappa shape index (κ3) is 2.34. The highest BCUT2D eigenvalue weighted by Crippen LogP contribution is 2.26. The van der Waals surface area contributed by atoms with E-state index in [1.165, 1.54) is 11.1 Å². The molecule has 2 aliphatic heterocycles. The number of rotatable bonds is 2. The Labute approximate surface area is 119 Å². The Kier molecular flexibility index (Phi) is 3.76. The number of hydrogen-bond donors (Lipinski definition) is 2. The lowest BCUT2D eigenvalue weighted by Gasteiger charge is -2.32. The summed E-state index contributed by atoms with van der Waals surface area (Å²) in [6, 6.07) is 8.11. The first kappa shape index (κ1) is 13.6. The van der Waals surface area contributed by atoms with Crippen LogP contribution in [0.1, 0.15) is 24.5 Å². The van der Waals surface area contributed by atoms with Crippen molar-refractivity contribution in [2.24, 2.45) is 5.92 Å². The van der Waals surface area contributed by atoms with Crippen molar-refractivity contribution in [3.8, 4) is 0 Å². The Bertz CT molecular complexity index is 503. The van der Waals surface area contributed by atoms with E-state index in [0.717, 1.165) is 25.9 Å². The van der Waals surface area contributed by atoms with E-state index in [-0.39, 0.29) is 24.6 Å². The first-order valence-electron chi connectivity index (χ1n) is 7.42. The second kappa shape index (κ2) is 5.54. The molecular formula is C16H22N2O2. The average Bonchev–Trinajstić information content (AvgIpc) is 2.86. The molecule has 4 heteroatoms. The number of carbonyl (C=O) groups excluding carboxylic acids is 1. The molecule has 2 N–H and O–H groups in total. The molecule has 0 radical (unpaired) electrons. The van der Waals surface area contributed by atoms with Crippen molar-refractivity contribution in [3.63, 3.8) is 0 Å². The number of likely N-dealkylation sites (tertiary alicyclic amines) is 1. The number of amides is 1. The van der Waals surface area contributed by atoms with Crippen molar-refractivity contribution < 1.29 is 9.90 Å². The number of benzene rings is 1. The van der Waals surface area contributed by atoms with Crippen LogP contribution in [0.5, 0.6) is 0 Å². The van der Waals surface area contributed by atoms with Gasteiger partial charge in [-0.15, -0.1) is 0 Å². The molecule has 4 nitrogen and oxygen atoms in total. The van der Waals surface area contributed by atoms with E-state index in [1.54, 1.807) is 0 Å². The summed E-state index contributed by atoms with van der Waals surface area (Å²) in [6.07, 6.45) is 1.73. The van der Waals surface area contributed by atoms with E-state index < -0.39 is 0 Å². The van der Waals surface area contributed by atoms with Crippen molar-refractivity contribution in [2.75, 3.05) is 13.2 Å². The molecule has 0 spiro atoms. The molecule has 0 saturated carbocycles. The molecule has 1 aromatic carbocycles. The summed E-state index contributed by atoms with van der Waals surface area (Å²) >= 11 is 0. The third-order valence-corrected chi connectivity index (χ3v) is 4.73. The third-order valence-electron chi connectivity index (χ3n) is 4.73. The SMILES string of the molecule is CC1CCN(C(=O)[C@@H]2Cc3ccccc3CN2)C1CO. The van der Waals surface area contributed by atoms with Gasteiger partial charge < -0.3 is 15.3 Å². The smallest absolute Gasteiger partial charge is 0.240 e.